The van der Waals surface area contributed by atoms with E-state index in [1.807, 2.05) is 13.0 Å². The molecule has 0 aromatic carbocycles. The molecule has 0 spiro atoms. The van der Waals surface area contributed by atoms with E-state index < -0.39 is 0 Å². The van der Waals surface area contributed by atoms with Gasteiger partial charge in [0.2, 0.25) is 5.88 Å². The van der Waals surface area contributed by atoms with Crippen LogP contribution >= 0.6 is 11.6 Å². The Morgan fingerprint density at radius 3 is 3.00 bits per heavy atom. The lowest BCUT2D eigenvalue weighted by Gasteiger charge is -2.26. The fourth-order valence-corrected chi connectivity index (χ4v) is 1.52. The Balaban J connectivity index is 2.01. The topological polar surface area (TPSA) is 43.4 Å². The summed E-state index contributed by atoms with van der Waals surface area (Å²) in [6.07, 6.45) is 0.139. The SMILES string of the molecule is CCNCc1nc(OC2COC2)ccc1Cl. The molecule has 1 saturated heterocycles. The van der Waals surface area contributed by atoms with Gasteiger partial charge < -0.3 is 14.8 Å². The van der Waals surface area contributed by atoms with E-state index in [2.05, 4.69) is 10.3 Å². The molecule has 0 atom stereocenters. The molecule has 88 valence electrons. The molecule has 1 aromatic rings. The highest BCUT2D eigenvalue weighted by atomic mass is 35.5. The summed E-state index contributed by atoms with van der Waals surface area (Å²) in [5.74, 6) is 0.616. The summed E-state index contributed by atoms with van der Waals surface area (Å²) in [7, 11) is 0. The van der Waals surface area contributed by atoms with Crippen LogP contribution in [0.4, 0.5) is 0 Å². The Bertz CT molecular complexity index is 356. The summed E-state index contributed by atoms with van der Waals surface area (Å²) >= 11 is 6.03. The number of pyridine rings is 1. The monoisotopic (exact) mass is 242 g/mol. The third-order valence-electron chi connectivity index (χ3n) is 2.33. The zero-order valence-electron chi connectivity index (χ0n) is 9.20. The van der Waals surface area contributed by atoms with Crippen LogP contribution in [0, 0.1) is 0 Å². The maximum Gasteiger partial charge on any atom is 0.214 e. The summed E-state index contributed by atoms with van der Waals surface area (Å²) in [6.45, 7) is 4.88. The first-order valence-corrected chi connectivity index (χ1v) is 5.78. The normalized spacial score (nSPS) is 15.9. The number of halogens is 1. The second-order valence-corrected chi connectivity index (χ2v) is 4.04. The van der Waals surface area contributed by atoms with Gasteiger partial charge in [-0.05, 0) is 12.6 Å². The van der Waals surface area contributed by atoms with E-state index in [4.69, 9.17) is 21.1 Å². The molecule has 0 amide bonds. The lowest BCUT2D eigenvalue weighted by Crippen LogP contribution is -2.38. The molecule has 0 aliphatic carbocycles. The summed E-state index contributed by atoms with van der Waals surface area (Å²) in [5, 5.41) is 3.85. The predicted molar refractivity (Wildman–Crippen MR) is 61.9 cm³/mol. The molecule has 4 nitrogen and oxygen atoms in total. The van der Waals surface area contributed by atoms with Crippen LogP contribution in [0.5, 0.6) is 5.88 Å². The van der Waals surface area contributed by atoms with Crippen LogP contribution in [0.1, 0.15) is 12.6 Å². The van der Waals surface area contributed by atoms with Gasteiger partial charge in [0.1, 0.15) is 6.10 Å². The number of rotatable bonds is 5. The molecular formula is C11H15ClN2O2. The summed E-state index contributed by atoms with van der Waals surface area (Å²) in [4.78, 5) is 4.36. The third kappa shape index (κ3) is 2.84. The molecular weight excluding hydrogens is 228 g/mol. The van der Waals surface area contributed by atoms with Crippen molar-refractivity contribution in [2.45, 2.75) is 19.6 Å². The maximum atomic E-state index is 6.03. The van der Waals surface area contributed by atoms with Crippen LogP contribution in [0.15, 0.2) is 12.1 Å². The Labute approximate surface area is 99.9 Å². The quantitative estimate of drug-likeness (QED) is 0.852. The predicted octanol–water partition coefficient (Wildman–Crippen LogP) is 1.62. The van der Waals surface area contributed by atoms with E-state index in [0.717, 1.165) is 12.2 Å². The minimum Gasteiger partial charge on any atom is -0.469 e. The number of hydrogen-bond donors (Lipinski definition) is 1. The van der Waals surface area contributed by atoms with Crippen molar-refractivity contribution in [3.63, 3.8) is 0 Å². The number of nitrogens with one attached hydrogen (secondary N) is 1. The molecule has 2 rings (SSSR count). The first-order chi connectivity index (χ1) is 7.79. The van der Waals surface area contributed by atoms with Gasteiger partial charge in [-0.25, -0.2) is 4.98 Å². The average Bonchev–Trinajstić information content (AvgIpc) is 2.23. The van der Waals surface area contributed by atoms with Crippen molar-refractivity contribution in [3.05, 3.63) is 22.8 Å². The van der Waals surface area contributed by atoms with Crippen LogP contribution in [0.3, 0.4) is 0 Å². The van der Waals surface area contributed by atoms with Gasteiger partial charge in [-0.1, -0.05) is 18.5 Å². The summed E-state index contributed by atoms with van der Waals surface area (Å²) < 4.78 is 10.6. The molecule has 0 bridgehead atoms. The molecule has 1 aliphatic rings. The maximum absolute atomic E-state index is 6.03. The first-order valence-electron chi connectivity index (χ1n) is 5.40. The van der Waals surface area contributed by atoms with E-state index in [0.29, 0.717) is 30.7 Å². The number of hydrogen-bond acceptors (Lipinski definition) is 4. The van der Waals surface area contributed by atoms with Gasteiger partial charge in [-0.2, -0.15) is 0 Å². The number of aromatic nitrogens is 1. The van der Waals surface area contributed by atoms with Gasteiger partial charge in [0.05, 0.1) is 23.9 Å². The van der Waals surface area contributed by atoms with Crippen LogP contribution in [-0.2, 0) is 11.3 Å². The van der Waals surface area contributed by atoms with E-state index >= 15 is 0 Å². The number of ether oxygens (including phenoxy) is 2. The Morgan fingerprint density at radius 2 is 2.38 bits per heavy atom. The van der Waals surface area contributed by atoms with Crippen molar-refractivity contribution in [2.75, 3.05) is 19.8 Å². The van der Waals surface area contributed by atoms with E-state index in [9.17, 15) is 0 Å². The fraction of sp³-hybridized carbons (Fsp3) is 0.545. The van der Waals surface area contributed by atoms with Gasteiger partial charge in [0, 0.05) is 12.6 Å². The third-order valence-corrected chi connectivity index (χ3v) is 2.67. The first kappa shape index (κ1) is 11.6. The lowest BCUT2D eigenvalue weighted by molar-refractivity contribution is -0.0813. The fourth-order valence-electron chi connectivity index (χ4n) is 1.35. The summed E-state index contributed by atoms with van der Waals surface area (Å²) in [5.41, 5.74) is 0.821. The van der Waals surface area contributed by atoms with Crippen molar-refractivity contribution in [1.29, 1.82) is 0 Å². The van der Waals surface area contributed by atoms with Crippen molar-refractivity contribution >= 4 is 11.6 Å². The van der Waals surface area contributed by atoms with Crippen LogP contribution in [-0.4, -0.2) is 30.8 Å². The molecule has 0 unspecified atom stereocenters. The smallest absolute Gasteiger partial charge is 0.214 e. The van der Waals surface area contributed by atoms with Gasteiger partial charge in [-0.3, -0.25) is 0 Å². The lowest BCUT2D eigenvalue weighted by atomic mass is 10.3. The Hall–Kier alpha value is -0.840. The zero-order valence-corrected chi connectivity index (χ0v) is 9.96. The summed E-state index contributed by atoms with van der Waals surface area (Å²) in [6, 6.07) is 3.60. The van der Waals surface area contributed by atoms with Gasteiger partial charge >= 0.3 is 0 Å². The zero-order chi connectivity index (χ0) is 11.4. The highest BCUT2D eigenvalue weighted by Gasteiger charge is 2.20. The largest absolute Gasteiger partial charge is 0.469 e. The van der Waals surface area contributed by atoms with Crippen molar-refractivity contribution in [2.24, 2.45) is 0 Å². The molecule has 0 radical (unpaired) electrons. The average molecular weight is 243 g/mol. The van der Waals surface area contributed by atoms with E-state index in [1.165, 1.54) is 0 Å². The van der Waals surface area contributed by atoms with Crippen LogP contribution in [0.2, 0.25) is 5.02 Å². The molecule has 1 aliphatic heterocycles. The Morgan fingerprint density at radius 1 is 1.56 bits per heavy atom. The minimum absolute atomic E-state index is 0.139. The molecule has 0 saturated carbocycles. The number of nitrogens with zero attached hydrogens (tertiary/aromatic N) is 1. The molecule has 5 heteroatoms. The standard InChI is InChI=1S/C11H15ClN2O2/c1-2-13-5-10-9(12)3-4-11(14-10)16-8-6-15-7-8/h3-4,8,13H,2,5-7H2,1H3. The highest BCUT2D eigenvalue weighted by Crippen LogP contribution is 2.20. The van der Waals surface area contributed by atoms with Gasteiger partial charge in [0.15, 0.2) is 0 Å². The van der Waals surface area contributed by atoms with Gasteiger partial charge in [0.25, 0.3) is 0 Å². The van der Waals surface area contributed by atoms with Crippen LogP contribution in [0.25, 0.3) is 0 Å². The van der Waals surface area contributed by atoms with E-state index in [-0.39, 0.29) is 6.10 Å². The highest BCUT2D eigenvalue weighted by molar-refractivity contribution is 6.31. The second kappa shape index (κ2) is 5.48. The van der Waals surface area contributed by atoms with Crippen LogP contribution < -0.4 is 10.1 Å². The van der Waals surface area contributed by atoms with Gasteiger partial charge in [-0.15, -0.1) is 0 Å². The Kier molecular flexibility index (Phi) is 3.98. The molecule has 1 aromatic heterocycles. The van der Waals surface area contributed by atoms with Crippen molar-refractivity contribution < 1.29 is 9.47 Å². The molecule has 1 fully saturated rings. The van der Waals surface area contributed by atoms with E-state index in [1.54, 1.807) is 6.07 Å². The van der Waals surface area contributed by atoms with Crippen molar-refractivity contribution in [3.8, 4) is 5.88 Å². The molecule has 1 N–H and O–H groups in total. The van der Waals surface area contributed by atoms with Crippen molar-refractivity contribution in [1.82, 2.24) is 10.3 Å². The minimum atomic E-state index is 0.139. The molecule has 2 heterocycles. The molecule has 16 heavy (non-hydrogen) atoms. The second-order valence-electron chi connectivity index (χ2n) is 3.64.